The molecule has 0 radical (unpaired) electrons. The molecule has 0 heterocycles. The number of Topliss-reactive ketones (excluding diaryl/α,β-unsaturated/α-hetero) is 1. The van der Waals surface area contributed by atoms with E-state index in [0.717, 1.165) is 29.7 Å². The summed E-state index contributed by atoms with van der Waals surface area (Å²) in [6, 6.07) is 17.7. The van der Waals surface area contributed by atoms with Crippen LogP contribution in [0.2, 0.25) is 0 Å². The largest absolute Gasteiger partial charge is 0.457 e. The van der Waals surface area contributed by atoms with Gasteiger partial charge in [-0.15, -0.1) is 0 Å². The third-order valence-corrected chi connectivity index (χ3v) is 5.62. The van der Waals surface area contributed by atoms with E-state index in [1.807, 2.05) is 19.1 Å². The third kappa shape index (κ3) is 7.44. The Labute approximate surface area is 203 Å². The van der Waals surface area contributed by atoms with Gasteiger partial charge in [-0.05, 0) is 72.0 Å². The fourth-order valence-electron chi connectivity index (χ4n) is 3.77. The summed E-state index contributed by atoms with van der Waals surface area (Å²) in [6.07, 6.45) is -2.31. The van der Waals surface area contributed by atoms with Crippen LogP contribution in [0.15, 0.2) is 66.7 Å². The topological polar surface area (TPSA) is 55.4 Å². The predicted molar refractivity (Wildman–Crippen MR) is 129 cm³/mol. The van der Waals surface area contributed by atoms with Gasteiger partial charge in [0.05, 0.1) is 5.56 Å². The smallest absolute Gasteiger partial charge is 0.416 e. The maximum absolute atomic E-state index is 13.1. The Hall–Kier alpha value is -3.61. The molecule has 0 fully saturated rings. The van der Waals surface area contributed by atoms with Crippen molar-refractivity contribution in [2.24, 2.45) is 0 Å². The molecule has 0 aliphatic heterocycles. The number of hydrogen-bond acceptors (Lipinski definition) is 3. The standard InChI is InChI=1S/C28H28F3NO3/c1-3-5-20-11-12-23(28(29,30)31)16-22(20)17-24(33)13-8-19-9-14-25(15-10-19)35-26-7-4-6-21(18-26)27(34)32-2/h4,6-7,9-12,14-16,18H,3,5,8,13,17H2,1-2H3,(H,32,34). The van der Waals surface area contributed by atoms with Crippen LogP contribution in [0.1, 0.15) is 52.4 Å². The zero-order valence-corrected chi connectivity index (χ0v) is 19.7. The number of ether oxygens (including phenoxy) is 1. The molecule has 1 N–H and O–H groups in total. The lowest BCUT2D eigenvalue weighted by molar-refractivity contribution is -0.137. The van der Waals surface area contributed by atoms with Crippen molar-refractivity contribution in [3.8, 4) is 11.5 Å². The van der Waals surface area contributed by atoms with Gasteiger partial charge in [0.25, 0.3) is 5.91 Å². The number of halogens is 3. The monoisotopic (exact) mass is 483 g/mol. The number of benzene rings is 3. The minimum absolute atomic E-state index is 0.0118. The van der Waals surface area contributed by atoms with Crippen molar-refractivity contribution < 1.29 is 27.5 Å². The molecule has 0 aliphatic carbocycles. The van der Waals surface area contributed by atoms with Crippen LogP contribution in [0.3, 0.4) is 0 Å². The van der Waals surface area contributed by atoms with Gasteiger partial charge < -0.3 is 10.1 Å². The number of nitrogens with one attached hydrogen (secondary N) is 1. The predicted octanol–water partition coefficient (Wildman–Crippen LogP) is 6.55. The summed E-state index contributed by atoms with van der Waals surface area (Å²) in [5.74, 6) is 0.802. The fourth-order valence-corrected chi connectivity index (χ4v) is 3.77. The minimum atomic E-state index is -4.43. The Morgan fingerprint density at radius 3 is 2.29 bits per heavy atom. The van der Waals surface area contributed by atoms with Crippen LogP contribution < -0.4 is 10.1 Å². The highest BCUT2D eigenvalue weighted by Gasteiger charge is 2.31. The van der Waals surface area contributed by atoms with Gasteiger partial charge in [-0.2, -0.15) is 13.2 Å². The van der Waals surface area contributed by atoms with Crippen LogP contribution in [0, 0.1) is 0 Å². The van der Waals surface area contributed by atoms with Gasteiger partial charge in [0.15, 0.2) is 0 Å². The van der Waals surface area contributed by atoms with Crippen molar-refractivity contribution in [3.63, 3.8) is 0 Å². The molecule has 7 heteroatoms. The van der Waals surface area contributed by atoms with Crippen LogP contribution in [0.25, 0.3) is 0 Å². The number of rotatable bonds is 10. The first-order valence-electron chi connectivity index (χ1n) is 11.5. The molecule has 0 saturated carbocycles. The van der Waals surface area contributed by atoms with Crippen molar-refractivity contribution in [2.75, 3.05) is 7.05 Å². The molecule has 1 amide bonds. The first kappa shape index (κ1) is 26.0. The normalized spacial score (nSPS) is 11.2. The number of alkyl halides is 3. The van der Waals surface area contributed by atoms with E-state index in [0.29, 0.717) is 35.5 Å². The van der Waals surface area contributed by atoms with Crippen LogP contribution in [0.5, 0.6) is 11.5 Å². The third-order valence-electron chi connectivity index (χ3n) is 5.62. The summed E-state index contributed by atoms with van der Waals surface area (Å²) in [5.41, 5.74) is 1.92. The van der Waals surface area contributed by atoms with Gasteiger partial charge in [-0.3, -0.25) is 9.59 Å². The lowest BCUT2D eigenvalue weighted by Gasteiger charge is -2.13. The van der Waals surface area contributed by atoms with Gasteiger partial charge in [-0.1, -0.05) is 37.6 Å². The first-order valence-corrected chi connectivity index (χ1v) is 11.5. The molecular weight excluding hydrogens is 455 g/mol. The van der Waals surface area contributed by atoms with Gasteiger partial charge in [-0.25, -0.2) is 0 Å². The van der Waals surface area contributed by atoms with Crippen LogP contribution in [0.4, 0.5) is 13.2 Å². The lowest BCUT2D eigenvalue weighted by Crippen LogP contribution is -2.17. The maximum atomic E-state index is 13.1. The Kier molecular flexibility index (Phi) is 8.68. The second-order valence-corrected chi connectivity index (χ2v) is 8.30. The van der Waals surface area contributed by atoms with E-state index in [1.54, 1.807) is 43.4 Å². The van der Waals surface area contributed by atoms with Crippen LogP contribution in [-0.2, 0) is 30.2 Å². The zero-order valence-electron chi connectivity index (χ0n) is 19.7. The molecule has 0 bridgehead atoms. The number of hydrogen-bond donors (Lipinski definition) is 1. The van der Waals surface area contributed by atoms with Crippen molar-refractivity contribution >= 4 is 11.7 Å². The van der Waals surface area contributed by atoms with Crippen LogP contribution in [-0.4, -0.2) is 18.7 Å². The maximum Gasteiger partial charge on any atom is 0.416 e. The zero-order chi connectivity index (χ0) is 25.4. The van der Waals surface area contributed by atoms with Gasteiger partial charge in [0, 0.05) is 25.5 Å². The Bertz CT molecular complexity index is 1170. The van der Waals surface area contributed by atoms with Gasteiger partial charge in [0.1, 0.15) is 17.3 Å². The summed E-state index contributed by atoms with van der Waals surface area (Å²) < 4.78 is 45.2. The molecule has 0 atom stereocenters. The molecule has 3 aromatic carbocycles. The van der Waals surface area contributed by atoms with Crippen molar-refractivity contribution in [2.45, 2.75) is 45.2 Å². The number of carbonyl (C=O) groups excluding carboxylic acids is 2. The van der Waals surface area contributed by atoms with Crippen LogP contribution >= 0.6 is 0 Å². The molecule has 4 nitrogen and oxygen atoms in total. The van der Waals surface area contributed by atoms with E-state index in [9.17, 15) is 22.8 Å². The second-order valence-electron chi connectivity index (χ2n) is 8.30. The SMILES string of the molecule is CCCc1ccc(C(F)(F)F)cc1CC(=O)CCc1ccc(Oc2cccc(C(=O)NC)c2)cc1. The fraction of sp³-hybridized carbons (Fsp3) is 0.286. The molecule has 184 valence electrons. The lowest BCUT2D eigenvalue weighted by atomic mass is 9.94. The Balaban J connectivity index is 1.60. The molecule has 0 spiro atoms. The van der Waals surface area contributed by atoms with E-state index in [1.165, 1.54) is 6.07 Å². The second kappa shape index (κ2) is 11.7. The minimum Gasteiger partial charge on any atom is -0.457 e. The Morgan fingerprint density at radius 1 is 0.886 bits per heavy atom. The summed E-state index contributed by atoms with van der Waals surface area (Å²) in [5, 5.41) is 2.56. The highest BCUT2D eigenvalue weighted by Crippen LogP contribution is 2.31. The van der Waals surface area contributed by atoms with E-state index < -0.39 is 11.7 Å². The quantitative estimate of drug-likeness (QED) is 0.356. The first-order chi connectivity index (χ1) is 16.7. The average Bonchev–Trinajstić information content (AvgIpc) is 2.84. The highest BCUT2D eigenvalue weighted by atomic mass is 19.4. The van der Waals surface area contributed by atoms with E-state index in [4.69, 9.17) is 4.74 Å². The van der Waals surface area contributed by atoms with E-state index in [-0.39, 0.29) is 24.5 Å². The summed E-state index contributed by atoms with van der Waals surface area (Å²) >= 11 is 0. The van der Waals surface area contributed by atoms with Crippen molar-refractivity contribution in [1.29, 1.82) is 0 Å². The molecule has 3 aromatic rings. The molecule has 0 unspecified atom stereocenters. The van der Waals surface area contributed by atoms with Crippen molar-refractivity contribution in [3.05, 3.63) is 94.5 Å². The molecule has 0 aromatic heterocycles. The average molecular weight is 484 g/mol. The number of aryl methyl sites for hydroxylation is 2. The highest BCUT2D eigenvalue weighted by molar-refractivity contribution is 5.94. The summed E-state index contributed by atoms with van der Waals surface area (Å²) in [7, 11) is 1.56. The molecule has 0 aliphatic rings. The van der Waals surface area contributed by atoms with Crippen molar-refractivity contribution in [1.82, 2.24) is 5.32 Å². The number of amides is 1. The molecule has 35 heavy (non-hydrogen) atoms. The summed E-state index contributed by atoms with van der Waals surface area (Å²) in [6.45, 7) is 1.95. The molecule has 3 rings (SSSR count). The Morgan fingerprint density at radius 2 is 1.63 bits per heavy atom. The van der Waals surface area contributed by atoms with Gasteiger partial charge >= 0.3 is 6.18 Å². The van der Waals surface area contributed by atoms with Gasteiger partial charge in [0.2, 0.25) is 0 Å². The number of carbonyl (C=O) groups is 2. The van der Waals surface area contributed by atoms with E-state index in [2.05, 4.69) is 5.32 Å². The molecular formula is C28H28F3NO3. The number of ketones is 1. The summed E-state index contributed by atoms with van der Waals surface area (Å²) in [4.78, 5) is 24.4. The van der Waals surface area contributed by atoms with E-state index >= 15 is 0 Å². The molecule has 0 saturated heterocycles.